The first-order valence-electron chi connectivity index (χ1n) is 9.88. The molecule has 4 aromatic rings. The van der Waals surface area contributed by atoms with Crippen molar-refractivity contribution in [3.63, 3.8) is 0 Å². The molecule has 1 aromatic heterocycles. The highest BCUT2D eigenvalue weighted by molar-refractivity contribution is 6.04. The van der Waals surface area contributed by atoms with Gasteiger partial charge in [-0.05, 0) is 29.3 Å². The van der Waals surface area contributed by atoms with E-state index in [1.54, 1.807) is 12.1 Å². The van der Waals surface area contributed by atoms with Crippen LogP contribution in [0.25, 0.3) is 0 Å². The molecule has 0 aliphatic rings. The van der Waals surface area contributed by atoms with E-state index in [9.17, 15) is 14.9 Å². The van der Waals surface area contributed by atoms with Crippen molar-refractivity contribution in [2.45, 2.75) is 6.10 Å². The van der Waals surface area contributed by atoms with E-state index in [-0.39, 0.29) is 17.7 Å². The summed E-state index contributed by atoms with van der Waals surface area (Å²) in [6.07, 6.45) is 1.18. The number of hydrogen-bond acceptors (Lipinski definition) is 5. The first-order chi connectivity index (χ1) is 15.6. The predicted molar refractivity (Wildman–Crippen MR) is 121 cm³/mol. The van der Waals surface area contributed by atoms with Crippen molar-refractivity contribution in [3.05, 3.63) is 130 Å². The van der Waals surface area contributed by atoms with Gasteiger partial charge in [-0.15, -0.1) is 0 Å². The standard InChI is InChI=1S/C25H19N3O4/c29-25(20-11-14-22(15-12-20)28(30)31)27-21-13-16-23(26-17-21)32-24(18-7-3-1-4-8-18)19-9-5-2-6-10-19/h1-17,24H,(H,27,29). The number of hydrogen-bond donors (Lipinski definition) is 1. The predicted octanol–water partition coefficient (Wildman–Crippen LogP) is 5.41. The van der Waals surface area contributed by atoms with Gasteiger partial charge in [0.05, 0.1) is 16.8 Å². The fraction of sp³-hybridized carbons (Fsp3) is 0.0400. The fourth-order valence-corrected chi connectivity index (χ4v) is 3.17. The van der Waals surface area contributed by atoms with Crippen molar-refractivity contribution in [3.8, 4) is 5.88 Å². The summed E-state index contributed by atoms with van der Waals surface area (Å²) >= 11 is 0. The van der Waals surface area contributed by atoms with Crippen molar-refractivity contribution in [1.82, 2.24) is 4.98 Å². The number of benzene rings is 3. The molecular formula is C25H19N3O4. The minimum Gasteiger partial charge on any atom is -0.465 e. The second-order valence-electron chi connectivity index (χ2n) is 6.96. The number of amides is 1. The van der Waals surface area contributed by atoms with Crippen LogP contribution in [-0.4, -0.2) is 15.8 Å². The van der Waals surface area contributed by atoms with Crippen LogP contribution in [0, 0.1) is 10.1 Å². The van der Waals surface area contributed by atoms with E-state index in [1.807, 2.05) is 60.7 Å². The van der Waals surface area contributed by atoms with Crippen LogP contribution < -0.4 is 10.1 Å². The summed E-state index contributed by atoms with van der Waals surface area (Å²) in [6, 6.07) is 28.5. The van der Waals surface area contributed by atoms with Crippen molar-refractivity contribution >= 4 is 17.3 Å². The Morgan fingerprint density at radius 1 is 0.844 bits per heavy atom. The van der Waals surface area contributed by atoms with Crippen molar-refractivity contribution in [2.75, 3.05) is 5.32 Å². The van der Waals surface area contributed by atoms with E-state index in [0.29, 0.717) is 17.1 Å². The summed E-state index contributed by atoms with van der Waals surface area (Å²) in [6.45, 7) is 0. The monoisotopic (exact) mass is 425 g/mol. The first-order valence-corrected chi connectivity index (χ1v) is 9.88. The molecule has 1 heterocycles. The summed E-state index contributed by atoms with van der Waals surface area (Å²) in [5, 5.41) is 13.5. The van der Waals surface area contributed by atoms with Gasteiger partial charge >= 0.3 is 0 Å². The molecule has 3 aromatic carbocycles. The summed E-state index contributed by atoms with van der Waals surface area (Å²) in [4.78, 5) is 27.0. The Morgan fingerprint density at radius 3 is 1.94 bits per heavy atom. The lowest BCUT2D eigenvalue weighted by molar-refractivity contribution is -0.384. The molecule has 0 spiro atoms. The summed E-state index contributed by atoms with van der Waals surface area (Å²) in [5.41, 5.74) is 2.71. The Kier molecular flexibility index (Phi) is 6.17. The number of aromatic nitrogens is 1. The smallest absolute Gasteiger partial charge is 0.269 e. The van der Waals surface area contributed by atoms with Crippen LogP contribution in [0.15, 0.2) is 103 Å². The highest BCUT2D eigenvalue weighted by Gasteiger charge is 2.16. The molecule has 1 amide bonds. The average molecular weight is 425 g/mol. The number of nitrogens with one attached hydrogen (secondary N) is 1. The zero-order valence-electron chi connectivity index (χ0n) is 16.9. The maximum absolute atomic E-state index is 12.4. The third kappa shape index (κ3) is 4.96. The first kappa shape index (κ1) is 20.7. The number of rotatable bonds is 7. The van der Waals surface area contributed by atoms with Crippen LogP contribution in [0.5, 0.6) is 5.88 Å². The Balaban J connectivity index is 1.47. The molecule has 7 heteroatoms. The van der Waals surface area contributed by atoms with Gasteiger partial charge in [-0.25, -0.2) is 4.98 Å². The molecule has 0 fully saturated rings. The van der Waals surface area contributed by atoms with E-state index in [2.05, 4.69) is 10.3 Å². The molecule has 32 heavy (non-hydrogen) atoms. The van der Waals surface area contributed by atoms with E-state index >= 15 is 0 Å². The van der Waals surface area contributed by atoms with Crippen LogP contribution in [0.3, 0.4) is 0 Å². The number of non-ortho nitro benzene ring substituents is 1. The van der Waals surface area contributed by atoms with E-state index < -0.39 is 4.92 Å². The summed E-state index contributed by atoms with van der Waals surface area (Å²) < 4.78 is 6.18. The molecule has 0 bridgehead atoms. The zero-order chi connectivity index (χ0) is 22.3. The Morgan fingerprint density at radius 2 is 1.44 bits per heavy atom. The number of anilines is 1. The molecule has 4 rings (SSSR count). The van der Waals surface area contributed by atoms with Crippen LogP contribution >= 0.6 is 0 Å². The normalized spacial score (nSPS) is 10.5. The number of nitro benzene ring substituents is 1. The Bertz CT molecular complexity index is 1160. The minimum atomic E-state index is -0.511. The Hall–Kier alpha value is -4.52. The Labute approximate surface area is 184 Å². The molecule has 0 saturated heterocycles. The SMILES string of the molecule is O=C(Nc1ccc(OC(c2ccccc2)c2ccccc2)nc1)c1ccc([N+](=O)[O-])cc1. The van der Waals surface area contributed by atoms with E-state index in [0.717, 1.165) is 11.1 Å². The number of ether oxygens (including phenoxy) is 1. The van der Waals surface area contributed by atoms with Gasteiger partial charge in [-0.1, -0.05) is 60.7 Å². The third-order valence-electron chi connectivity index (χ3n) is 4.78. The lowest BCUT2D eigenvalue weighted by Gasteiger charge is -2.19. The quantitative estimate of drug-likeness (QED) is 0.316. The van der Waals surface area contributed by atoms with Gasteiger partial charge < -0.3 is 10.1 Å². The molecular weight excluding hydrogens is 406 g/mol. The van der Waals surface area contributed by atoms with E-state index in [1.165, 1.54) is 30.5 Å². The fourth-order valence-electron chi connectivity index (χ4n) is 3.17. The number of nitro groups is 1. The van der Waals surface area contributed by atoms with Crippen molar-refractivity contribution < 1.29 is 14.5 Å². The number of carbonyl (C=O) groups is 1. The number of pyridine rings is 1. The van der Waals surface area contributed by atoms with Crippen LogP contribution in [-0.2, 0) is 0 Å². The topological polar surface area (TPSA) is 94.4 Å². The average Bonchev–Trinajstić information content (AvgIpc) is 2.84. The lowest BCUT2D eigenvalue weighted by atomic mass is 10.0. The third-order valence-corrected chi connectivity index (χ3v) is 4.78. The molecule has 1 N–H and O–H groups in total. The maximum Gasteiger partial charge on any atom is 0.269 e. The molecule has 0 radical (unpaired) electrons. The van der Waals surface area contributed by atoms with Gasteiger partial charge in [0.25, 0.3) is 11.6 Å². The molecule has 0 atom stereocenters. The highest BCUT2D eigenvalue weighted by atomic mass is 16.6. The molecule has 0 aliphatic carbocycles. The van der Waals surface area contributed by atoms with Gasteiger partial charge in [-0.3, -0.25) is 14.9 Å². The van der Waals surface area contributed by atoms with Gasteiger partial charge in [0.2, 0.25) is 5.88 Å². The molecule has 0 saturated carbocycles. The molecule has 0 aliphatic heterocycles. The van der Waals surface area contributed by atoms with Gasteiger partial charge in [0, 0.05) is 23.8 Å². The molecule has 158 valence electrons. The summed E-state index contributed by atoms with van der Waals surface area (Å²) in [7, 11) is 0. The van der Waals surface area contributed by atoms with Crippen molar-refractivity contribution in [2.24, 2.45) is 0 Å². The summed E-state index contributed by atoms with van der Waals surface area (Å²) in [5.74, 6) is 0.0258. The zero-order valence-corrected chi connectivity index (χ0v) is 16.9. The van der Waals surface area contributed by atoms with Gasteiger partial charge in [0.15, 0.2) is 6.10 Å². The van der Waals surface area contributed by atoms with Crippen LogP contribution in [0.2, 0.25) is 0 Å². The van der Waals surface area contributed by atoms with Gasteiger partial charge in [0.1, 0.15) is 0 Å². The number of nitrogens with zero attached hydrogens (tertiary/aromatic N) is 2. The van der Waals surface area contributed by atoms with Crippen LogP contribution in [0.1, 0.15) is 27.6 Å². The van der Waals surface area contributed by atoms with Crippen LogP contribution in [0.4, 0.5) is 11.4 Å². The lowest BCUT2D eigenvalue weighted by Crippen LogP contribution is -2.13. The highest BCUT2D eigenvalue weighted by Crippen LogP contribution is 2.28. The minimum absolute atomic E-state index is 0.0731. The van der Waals surface area contributed by atoms with Crippen molar-refractivity contribution in [1.29, 1.82) is 0 Å². The second-order valence-corrected chi connectivity index (χ2v) is 6.96. The van der Waals surface area contributed by atoms with Gasteiger partial charge in [-0.2, -0.15) is 0 Å². The largest absolute Gasteiger partial charge is 0.465 e. The molecule has 7 nitrogen and oxygen atoms in total. The molecule has 0 unspecified atom stereocenters. The second kappa shape index (κ2) is 9.53. The maximum atomic E-state index is 12.4. The number of carbonyl (C=O) groups excluding carboxylic acids is 1. The van der Waals surface area contributed by atoms with E-state index in [4.69, 9.17) is 4.74 Å².